The van der Waals surface area contributed by atoms with Crippen molar-refractivity contribution in [3.05, 3.63) is 27.1 Å². The summed E-state index contributed by atoms with van der Waals surface area (Å²) in [4.78, 5) is 0.0659. The van der Waals surface area contributed by atoms with Crippen molar-refractivity contribution in [2.45, 2.75) is 23.9 Å². The van der Waals surface area contributed by atoms with Crippen LogP contribution in [0.25, 0.3) is 0 Å². The molecule has 3 nitrogen and oxygen atoms in total. The molecule has 21 heavy (non-hydrogen) atoms. The monoisotopic (exact) mass is 449 g/mol. The molecule has 1 aromatic rings. The number of halogens is 5. The van der Waals surface area contributed by atoms with Crippen LogP contribution in [-0.2, 0) is 10.0 Å². The number of benzene rings is 1. The fourth-order valence-electron chi connectivity index (χ4n) is 2.25. The fraction of sp³-hybridized carbons (Fsp3) is 0.500. The van der Waals surface area contributed by atoms with Crippen LogP contribution in [0.4, 0.5) is 13.2 Å². The van der Waals surface area contributed by atoms with Gasteiger partial charge in [0, 0.05) is 22.0 Å². The van der Waals surface area contributed by atoms with E-state index in [0.717, 1.165) is 4.31 Å². The van der Waals surface area contributed by atoms with Crippen molar-refractivity contribution in [3.63, 3.8) is 0 Å². The third kappa shape index (κ3) is 3.80. The molecule has 0 N–H and O–H groups in total. The highest BCUT2D eigenvalue weighted by atomic mass is 79.9. The number of hydrogen-bond donors (Lipinski definition) is 0. The molecule has 0 unspecified atom stereocenters. The van der Waals surface area contributed by atoms with Crippen molar-refractivity contribution >= 4 is 41.9 Å². The van der Waals surface area contributed by atoms with Crippen LogP contribution in [0.15, 0.2) is 32.0 Å². The Hall–Kier alpha value is -0.120. The van der Waals surface area contributed by atoms with Gasteiger partial charge in [0.2, 0.25) is 10.0 Å². The summed E-state index contributed by atoms with van der Waals surface area (Å²) in [5.74, 6) is -1.42. The number of rotatable bonds is 2. The molecule has 0 amide bonds. The molecule has 0 atom stereocenters. The molecule has 0 saturated carbocycles. The molecule has 1 saturated heterocycles. The molecule has 1 aromatic carbocycles. The van der Waals surface area contributed by atoms with E-state index in [-0.39, 0.29) is 30.8 Å². The van der Waals surface area contributed by atoms with Crippen LogP contribution in [0.2, 0.25) is 0 Å². The van der Waals surface area contributed by atoms with Crippen molar-refractivity contribution in [2.24, 2.45) is 5.92 Å². The molecule has 0 spiro atoms. The normalized spacial score (nSPS) is 18.9. The predicted octanol–water partition coefficient (Wildman–Crippen LogP) is 4.17. The third-order valence-corrected chi connectivity index (χ3v) is 6.80. The van der Waals surface area contributed by atoms with Gasteiger partial charge in [-0.25, -0.2) is 8.42 Å². The molecular formula is C12H12Br2F3NO2S. The van der Waals surface area contributed by atoms with Gasteiger partial charge in [-0.2, -0.15) is 17.5 Å². The lowest BCUT2D eigenvalue weighted by molar-refractivity contribution is -0.182. The van der Waals surface area contributed by atoms with E-state index in [2.05, 4.69) is 31.9 Å². The van der Waals surface area contributed by atoms with E-state index in [1.165, 1.54) is 6.07 Å². The number of sulfonamides is 1. The Bertz CT molecular complexity index is 626. The van der Waals surface area contributed by atoms with Gasteiger partial charge in [-0.15, -0.1) is 0 Å². The van der Waals surface area contributed by atoms with Crippen molar-refractivity contribution < 1.29 is 21.6 Å². The molecule has 0 aliphatic carbocycles. The van der Waals surface area contributed by atoms with E-state index in [0.29, 0.717) is 8.95 Å². The van der Waals surface area contributed by atoms with Crippen LogP contribution in [0.5, 0.6) is 0 Å². The van der Waals surface area contributed by atoms with Crippen LogP contribution in [-0.4, -0.2) is 32.0 Å². The molecule has 118 valence electrons. The SMILES string of the molecule is O=S(=O)(c1ccc(Br)cc1Br)N1CCC(C(F)(F)F)CC1. The Morgan fingerprint density at radius 1 is 1.14 bits per heavy atom. The molecule has 0 radical (unpaired) electrons. The fourth-order valence-corrected chi connectivity index (χ4v) is 5.42. The number of alkyl halides is 3. The van der Waals surface area contributed by atoms with Crippen molar-refractivity contribution in [3.8, 4) is 0 Å². The summed E-state index contributed by atoms with van der Waals surface area (Å²) >= 11 is 6.40. The molecule has 1 aliphatic heterocycles. The summed E-state index contributed by atoms with van der Waals surface area (Å²) in [5, 5.41) is 0. The lowest BCUT2D eigenvalue weighted by atomic mass is 9.98. The van der Waals surface area contributed by atoms with E-state index in [1.54, 1.807) is 12.1 Å². The van der Waals surface area contributed by atoms with Crippen LogP contribution in [0.1, 0.15) is 12.8 Å². The van der Waals surface area contributed by atoms with Gasteiger partial charge in [0.1, 0.15) is 0 Å². The summed E-state index contributed by atoms with van der Waals surface area (Å²) in [6.45, 7) is -0.232. The van der Waals surface area contributed by atoms with Crippen LogP contribution < -0.4 is 0 Å². The maximum atomic E-state index is 12.6. The average Bonchev–Trinajstić information content (AvgIpc) is 2.37. The molecule has 1 heterocycles. The predicted molar refractivity (Wildman–Crippen MR) is 79.4 cm³/mol. The highest BCUT2D eigenvalue weighted by Crippen LogP contribution is 2.36. The van der Waals surface area contributed by atoms with E-state index >= 15 is 0 Å². The second kappa shape index (κ2) is 6.17. The Morgan fingerprint density at radius 2 is 1.71 bits per heavy atom. The van der Waals surface area contributed by atoms with Gasteiger partial charge in [0.05, 0.1) is 10.8 Å². The number of piperidine rings is 1. The molecule has 0 bridgehead atoms. The minimum atomic E-state index is -4.26. The van der Waals surface area contributed by atoms with Gasteiger partial charge in [-0.05, 0) is 47.0 Å². The van der Waals surface area contributed by atoms with Gasteiger partial charge in [0.25, 0.3) is 0 Å². The first kappa shape index (κ1) is 17.2. The van der Waals surface area contributed by atoms with Crippen molar-refractivity contribution in [2.75, 3.05) is 13.1 Å². The summed E-state index contributed by atoms with van der Waals surface area (Å²) in [6.07, 6.45) is -4.65. The van der Waals surface area contributed by atoms with Crippen LogP contribution >= 0.6 is 31.9 Å². The van der Waals surface area contributed by atoms with E-state index in [4.69, 9.17) is 0 Å². The smallest absolute Gasteiger partial charge is 0.207 e. The summed E-state index contributed by atoms with van der Waals surface area (Å²) in [5.41, 5.74) is 0. The zero-order chi connectivity index (χ0) is 15.8. The number of nitrogens with zero attached hydrogens (tertiary/aromatic N) is 1. The van der Waals surface area contributed by atoms with E-state index in [1.807, 2.05) is 0 Å². The zero-order valence-corrected chi connectivity index (χ0v) is 14.7. The Kier molecular flexibility index (Phi) is 5.07. The second-order valence-electron chi connectivity index (χ2n) is 4.79. The standard InChI is InChI=1S/C12H12Br2F3NO2S/c13-9-1-2-11(10(14)7-9)21(19,20)18-5-3-8(4-6-18)12(15,16)17/h1-2,7-8H,3-6H2. The Morgan fingerprint density at radius 3 is 2.19 bits per heavy atom. The highest BCUT2D eigenvalue weighted by molar-refractivity contribution is 9.11. The largest absolute Gasteiger partial charge is 0.391 e. The molecule has 0 aromatic heterocycles. The Labute approximate surface area is 137 Å². The first-order chi connectivity index (χ1) is 9.62. The van der Waals surface area contributed by atoms with E-state index < -0.39 is 22.1 Å². The van der Waals surface area contributed by atoms with Gasteiger partial charge >= 0.3 is 6.18 Å². The maximum absolute atomic E-state index is 12.6. The minimum Gasteiger partial charge on any atom is -0.207 e. The zero-order valence-electron chi connectivity index (χ0n) is 10.7. The van der Waals surface area contributed by atoms with Crippen molar-refractivity contribution in [1.29, 1.82) is 0 Å². The van der Waals surface area contributed by atoms with E-state index in [9.17, 15) is 21.6 Å². The van der Waals surface area contributed by atoms with Crippen molar-refractivity contribution in [1.82, 2.24) is 4.31 Å². The molecule has 1 fully saturated rings. The quantitative estimate of drug-likeness (QED) is 0.677. The first-order valence-corrected chi connectivity index (χ1v) is 9.17. The lowest BCUT2D eigenvalue weighted by Crippen LogP contribution is -2.42. The summed E-state index contributed by atoms with van der Waals surface area (Å²) in [6, 6.07) is 4.61. The van der Waals surface area contributed by atoms with Gasteiger partial charge in [-0.3, -0.25) is 0 Å². The molecule has 2 rings (SSSR count). The number of hydrogen-bond acceptors (Lipinski definition) is 2. The first-order valence-electron chi connectivity index (χ1n) is 6.14. The van der Waals surface area contributed by atoms with Gasteiger partial charge in [0.15, 0.2) is 0 Å². The van der Waals surface area contributed by atoms with Gasteiger partial charge < -0.3 is 0 Å². The summed E-state index contributed by atoms with van der Waals surface area (Å²) < 4.78 is 65.0. The van der Waals surface area contributed by atoms with Crippen LogP contribution in [0.3, 0.4) is 0 Å². The average molecular weight is 451 g/mol. The second-order valence-corrected chi connectivity index (χ2v) is 8.47. The Balaban J connectivity index is 2.19. The summed E-state index contributed by atoms with van der Waals surface area (Å²) in [7, 11) is -3.78. The topological polar surface area (TPSA) is 37.4 Å². The minimum absolute atomic E-state index is 0.0659. The van der Waals surface area contributed by atoms with Gasteiger partial charge in [-0.1, -0.05) is 15.9 Å². The third-order valence-electron chi connectivity index (χ3n) is 3.43. The highest BCUT2D eigenvalue weighted by Gasteiger charge is 2.43. The van der Waals surface area contributed by atoms with Crippen LogP contribution in [0, 0.1) is 5.92 Å². The molecule has 9 heteroatoms. The lowest BCUT2D eigenvalue weighted by Gasteiger charge is -2.32. The molecule has 1 aliphatic rings. The maximum Gasteiger partial charge on any atom is 0.391 e. The molecular weight excluding hydrogens is 439 g/mol.